The van der Waals surface area contributed by atoms with E-state index in [-0.39, 0.29) is 11.7 Å². The second kappa shape index (κ2) is 6.74. The molecule has 2 aliphatic heterocycles. The highest BCUT2D eigenvalue weighted by molar-refractivity contribution is 7.99. The third-order valence-electron chi connectivity index (χ3n) is 4.02. The third-order valence-corrected chi connectivity index (χ3v) is 5.24. The van der Waals surface area contributed by atoms with Gasteiger partial charge in [0.05, 0.1) is 24.3 Å². The molecule has 2 heterocycles. The Kier molecular flexibility index (Phi) is 4.74. The molecular formula is C17H21NO2S. The SMILES string of the molecule is NCC#Cc1ccccc1OC1CCOC2(CCSC2)C1. The van der Waals surface area contributed by atoms with Crippen molar-refractivity contribution in [3.8, 4) is 17.6 Å². The number of rotatable bonds is 2. The van der Waals surface area contributed by atoms with Crippen molar-refractivity contribution < 1.29 is 9.47 Å². The van der Waals surface area contributed by atoms with E-state index < -0.39 is 0 Å². The number of thioether (sulfide) groups is 1. The Balaban J connectivity index is 1.71. The molecule has 0 aromatic heterocycles. The van der Waals surface area contributed by atoms with E-state index in [1.54, 1.807) is 0 Å². The van der Waals surface area contributed by atoms with Crippen LogP contribution in [0.5, 0.6) is 5.75 Å². The molecule has 2 aliphatic rings. The quantitative estimate of drug-likeness (QED) is 0.852. The summed E-state index contributed by atoms with van der Waals surface area (Å²) in [7, 11) is 0. The van der Waals surface area contributed by atoms with E-state index in [2.05, 4.69) is 11.8 Å². The van der Waals surface area contributed by atoms with Crippen molar-refractivity contribution in [2.45, 2.75) is 31.0 Å². The van der Waals surface area contributed by atoms with E-state index in [1.165, 1.54) is 5.75 Å². The van der Waals surface area contributed by atoms with Gasteiger partial charge in [0.25, 0.3) is 0 Å². The van der Waals surface area contributed by atoms with Crippen molar-refractivity contribution >= 4 is 11.8 Å². The zero-order valence-corrected chi connectivity index (χ0v) is 13.0. The lowest BCUT2D eigenvalue weighted by Gasteiger charge is -2.37. The summed E-state index contributed by atoms with van der Waals surface area (Å²) in [6.45, 7) is 1.16. The van der Waals surface area contributed by atoms with Gasteiger partial charge in [0.15, 0.2) is 0 Å². The van der Waals surface area contributed by atoms with Crippen LogP contribution in [0, 0.1) is 11.8 Å². The first kappa shape index (κ1) is 14.8. The van der Waals surface area contributed by atoms with Crippen LogP contribution in [0.15, 0.2) is 24.3 Å². The fourth-order valence-electron chi connectivity index (χ4n) is 2.95. The molecule has 0 aliphatic carbocycles. The van der Waals surface area contributed by atoms with Crippen LogP contribution in [0.25, 0.3) is 0 Å². The minimum absolute atomic E-state index is 0.0471. The fraction of sp³-hybridized carbons (Fsp3) is 0.529. The largest absolute Gasteiger partial charge is 0.489 e. The van der Waals surface area contributed by atoms with Crippen molar-refractivity contribution in [2.75, 3.05) is 24.7 Å². The molecule has 1 aromatic rings. The predicted molar refractivity (Wildman–Crippen MR) is 86.6 cm³/mol. The van der Waals surface area contributed by atoms with Crippen LogP contribution >= 0.6 is 11.8 Å². The van der Waals surface area contributed by atoms with Crippen molar-refractivity contribution in [2.24, 2.45) is 5.73 Å². The van der Waals surface area contributed by atoms with Gasteiger partial charge in [0.2, 0.25) is 0 Å². The van der Waals surface area contributed by atoms with Gasteiger partial charge < -0.3 is 15.2 Å². The number of para-hydroxylation sites is 1. The van der Waals surface area contributed by atoms with Crippen LogP contribution in [0.2, 0.25) is 0 Å². The van der Waals surface area contributed by atoms with Crippen molar-refractivity contribution in [3.05, 3.63) is 29.8 Å². The first-order valence-electron chi connectivity index (χ1n) is 7.48. The minimum atomic E-state index is 0.0471. The normalized spacial score (nSPS) is 28.1. The van der Waals surface area contributed by atoms with Gasteiger partial charge >= 0.3 is 0 Å². The van der Waals surface area contributed by atoms with Gasteiger partial charge in [-0.05, 0) is 24.3 Å². The number of benzene rings is 1. The summed E-state index contributed by atoms with van der Waals surface area (Å²) in [6, 6.07) is 7.94. The van der Waals surface area contributed by atoms with E-state index in [9.17, 15) is 0 Å². The van der Waals surface area contributed by atoms with Gasteiger partial charge in [-0.15, -0.1) is 0 Å². The molecule has 2 atom stereocenters. The van der Waals surface area contributed by atoms with Crippen LogP contribution < -0.4 is 10.5 Å². The summed E-state index contributed by atoms with van der Waals surface area (Å²) in [5, 5.41) is 0. The average Bonchev–Trinajstić information content (AvgIpc) is 2.94. The molecule has 112 valence electrons. The second-order valence-electron chi connectivity index (χ2n) is 5.57. The van der Waals surface area contributed by atoms with Gasteiger partial charge in [0.1, 0.15) is 11.9 Å². The Morgan fingerprint density at radius 3 is 3.14 bits per heavy atom. The van der Waals surface area contributed by atoms with Crippen LogP contribution in [-0.2, 0) is 4.74 Å². The van der Waals surface area contributed by atoms with Crippen molar-refractivity contribution in [1.29, 1.82) is 0 Å². The zero-order valence-electron chi connectivity index (χ0n) is 12.1. The molecule has 2 saturated heterocycles. The Morgan fingerprint density at radius 1 is 1.43 bits per heavy atom. The molecule has 0 amide bonds. The van der Waals surface area contributed by atoms with Crippen LogP contribution in [0.4, 0.5) is 0 Å². The average molecular weight is 303 g/mol. The molecule has 0 bridgehead atoms. The summed E-state index contributed by atoms with van der Waals surface area (Å²) in [5.41, 5.74) is 6.42. The summed E-state index contributed by atoms with van der Waals surface area (Å²) in [6.07, 6.45) is 3.30. The molecule has 4 heteroatoms. The van der Waals surface area contributed by atoms with E-state index in [4.69, 9.17) is 15.2 Å². The van der Waals surface area contributed by atoms with Gasteiger partial charge in [-0.3, -0.25) is 0 Å². The van der Waals surface area contributed by atoms with Crippen LogP contribution in [0.1, 0.15) is 24.8 Å². The smallest absolute Gasteiger partial charge is 0.135 e. The first-order valence-corrected chi connectivity index (χ1v) is 8.63. The molecule has 2 fully saturated rings. The maximum Gasteiger partial charge on any atom is 0.135 e. The maximum absolute atomic E-state index is 6.24. The molecule has 3 rings (SSSR count). The molecule has 1 aromatic carbocycles. The molecule has 21 heavy (non-hydrogen) atoms. The molecule has 1 spiro atoms. The number of ether oxygens (including phenoxy) is 2. The standard InChI is InChI=1S/C17H21NO2S/c18-9-3-5-14-4-1-2-6-16(14)20-15-7-10-19-17(12-15)8-11-21-13-17/h1-2,4,6,15H,7-13,18H2. The summed E-state index contributed by atoms with van der Waals surface area (Å²) in [5.74, 6) is 9.15. The molecule has 2 unspecified atom stereocenters. The summed E-state index contributed by atoms with van der Waals surface area (Å²) < 4.78 is 12.3. The molecule has 3 nitrogen and oxygen atoms in total. The Labute approximate surface area is 130 Å². The highest BCUT2D eigenvalue weighted by Crippen LogP contribution is 2.39. The zero-order chi connectivity index (χ0) is 14.5. The summed E-state index contributed by atoms with van der Waals surface area (Å²) in [4.78, 5) is 0. The topological polar surface area (TPSA) is 44.5 Å². The highest BCUT2D eigenvalue weighted by Gasteiger charge is 2.41. The number of nitrogens with two attached hydrogens (primary N) is 1. The van der Waals surface area contributed by atoms with Crippen LogP contribution in [0.3, 0.4) is 0 Å². The first-order chi connectivity index (χ1) is 10.3. The number of hydrogen-bond donors (Lipinski definition) is 1. The molecule has 2 N–H and O–H groups in total. The number of hydrogen-bond acceptors (Lipinski definition) is 4. The minimum Gasteiger partial charge on any atom is -0.489 e. The Morgan fingerprint density at radius 2 is 2.33 bits per heavy atom. The highest BCUT2D eigenvalue weighted by atomic mass is 32.2. The van der Waals surface area contributed by atoms with E-state index in [0.29, 0.717) is 6.54 Å². The lowest BCUT2D eigenvalue weighted by molar-refractivity contribution is -0.0959. The fourth-order valence-corrected chi connectivity index (χ4v) is 4.32. The third kappa shape index (κ3) is 3.55. The van der Waals surface area contributed by atoms with Crippen molar-refractivity contribution in [3.63, 3.8) is 0 Å². The molecular weight excluding hydrogens is 282 g/mol. The molecule has 0 radical (unpaired) electrons. The van der Waals surface area contributed by atoms with Gasteiger partial charge in [-0.2, -0.15) is 11.8 Å². The maximum atomic E-state index is 6.24. The van der Waals surface area contributed by atoms with Crippen LogP contribution in [-0.4, -0.2) is 36.4 Å². The van der Waals surface area contributed by atoms with E-state index >= 15 is 0 Å². The lowest BCUT2D eigenvalue weighted by atomic mass is 9.91. The second-order valence-corrected chi connectivity index (χ2v) is 6.67. The summed E-state index contributed by atoms with van der Waals surface area (Å²) >= 11 is 1.99. The van der Waals surface area contributed by atoms with Gasteiger partial charge in [0, 0.05) is 18.6 Å². The van der Waals surface area contributed by atoms with Gasteiger partial charge in [-0.25, -0.2) is 0 Å². The van der Waals surface area contributed by atoms with Gasteiger partial charge in [-0.1, -0.05) is 24.0 Å². The lowest BCUT2D eigenvalue weighted by Crippen LogP contribution is -2.43. The Bertz CT molecular complexity index is 543. The molecule has 0 saturated carbocycles. The van der Waals surface area contributed by atoms with E-state index in [0.717, 1.165) is 42.9 Å². The Hall–Kier alpha value is -1.15. The predicted octanol–water partition coefficient (Wildman–Crippen LogP) is 2.43. The van der Waals surface area contributed by atoms with E-state index in [1.807, 2.05) is 36.0 Å². The monoisotopic (exact) mass is 303 g/mol. The van der Waals surface area contributed by atoms with Crippen molar-refractivity contribution in [1.82, 2.24) is 0 Å².